The number of rotatable bonds is 8. The molecule has 6 heteroatoms. The van der Waals surface area contributed by atoms with Crippen molar-refractivity contribution in [2.45, 2.75) is 25.6 Å². The zero-order valence-electron chi connectivity index (χ0n) is 14.4. The van der Waals surface area contributed by atoms with Gasteiger partial charge >= 0.3 is 0 Å². The highest BCUT2D eigenvalue weighted by molar-refractivity contribution is 7.67. The minimum absolute atomic E-state index is 0.340. The number of unbranched alkanes of at least 4 members (excludes halogenated alkanes) is 1. The lowest BCUT2D eigenvalue weighted by molar-refractivity contribution is 0.209. The fourth-order valence-electron chi connectivity index (χ4n) is 2.29. The molecule has 1 aromatic carbocycles. The Morgan fingerprint density at radius 3 is 2.46 bits per heavy atom. The number of aliphatic hydroxyl groups is 1. The van der Waals surface area contributed by atoms with E-state index in [1.807, 2.05) is 38.1 Å². The van der Waals surface area contributed by atoms with Gasteiger partial charge in [0.2, 0.25) is 0 Å². The van der Waals surface area contributed by atoms with Crippen LogP contribution in [0.4, 0.5) is 5.69 Å². The van der Waals surface area contributed by atoms with Crippen molar-refractivity contribution in [3.8, 4) is 0 Å². The Hall–Kier alpha value is -1.68. The monoisotopic (exact) mass is 348 g/mol. The summed E-state index contributed by atoms with van der Waals surface area (Å²) >= 11 is 0. The third kappa shape index (κ3) is 4.23. The largest absolute Gasteiger partial charge is 0.378 e. The first-order chi connectivity index (χ1) is 11.5. The van der Waals surface area contributed by atoms with Gasteiger partial charge in [-0.15, -0.1) is 0 Å². The highest BCUT2D eigenvalue weighted by atomic mass is 31.2. The van der Waals surface area contributed by atoms with Gasteiger partial charge in [0, 0.05) is 31.3 Å². The zero-order chi connectivity index (χ0) is 17.6. The van der Waals surface area contributed by atoms with Gasteiger partial charge in [-0.3, -0.25) is 9.55 Å². The molecule has 2 aromatic rings. The van der Waals surface area contributed by atoms with Crippen molar-refractivity contribution in [1.82, 2.24) is 4.98 Å². The molecule has 0 saturated heterocycles. The summed E-state index contributed by atoms with van der Waals surface area (Å²) in [5.41, 5.74) is 1.35. The number of benzene rings is 1. The van der Waals surface area contributed by atoms with Gasteiger partial charge in [0.25, 0.3) is 7.37 Å². The summed E-state index contributed by atoms with van der Waals surface area (Å²) in [6, 6.07) is 12.4. The molecule has 2 atom stereocenters. The van der Waals surface area contributed by atoms with Gasteiger partial charge in [0.1, 0.15) is 0 Å². The predicted octanol–water partition coefficient (Wildman–Crippen LogP) is 3.56. The van der Waals surface area contributed by atoms with Gasteiger partial charge in [0.15, 0.2) is 5.85 Å². The first-order valence-corrected chi connectivity index (χ1v) is 9.79. The molecule has 0 aliphatic heterocycles. The topological polar surface area (TPSA) is 62.7 Å². The predicted molar refractivity (Wildman–Crippen MR) is 98.1 cm³/mol. The molecule has 0 bridgehead atoms. The lowest BCUT2D eigenvalue weighted by Gasteiger charge is -2.24. The first-order valence-electron chi connectivity index (χ1n) is 8.10. The van der Waals surface area contributed by atoms with E-state index in [0.29, 0.717) is 17.6 Å². The Bertz CT molecular complexity index is 674. The summed E-state index contributed by atoms with van der Waals surface area (Å²) in [7, 11) is 0.389. The molecule has 0 spiro atoms. The van der Waals surface area contributed by atoms with E-state index < -0.39 is 13.2 Å². The maximum atomic E-state index is 13.5. The number of aliphatic hydroxyl groups excluding tert-OH is 1. The highest BCUT2D eigenvalue weighted by Gasteiger charge is 2.37. The van der Waals surface area contributed by atoms with E-state index in [2.05, 4.69) is 4.98 Å². The number of anilines is 1. The van der Waals surface area contributed by atoms with Gasteiger partial charge in [-0.2, -0.15) is 0 Å². The van der Waals surface area contributed by atoms with Crippen LogP contribution < -0.4 is 10.2 Å². The quantitative estimate of drug-likeness (QED) is 0.584. The van der Waals surface area contributed by atoms with Crippen molar-refractivity contribution in [1.29, 1.82) is 0 Å². The van der Waals surface area contributed by atoms with Gasteiger partial charge in [0.05, 0.1) is 12.3 Å². The van der Waals surface area contributed by atoms with Crippen LogP contribution in [-0.2, 0) is 9.09 Å². The first kappa shape index (κ1) is 18.7. The van der Waals surface area contributed by atoms with Crippen molar-refractivity contribution in [2.24, 2.45) is 0 Å². The summed E-state index contributed by atoms with van der Waals surface area (Å²) in [5, 5.41) is 11.2. The fourth-order valence-corrected chi connectivity index (χ4v) is 4.33. The van der Waals surface area contributed by atoms with Gasteiger partial charge in [-0.25, -0.2) is 0 Å². The van der Waals surface area contributed by atoms with Crippen molar-refractivity contribution < 1.29 is 14.2 Å². The molecular weight excluding hydrogens is 323 g/mol. The number of aromatic nitrogens is 1. The van der Waals surface area contributed by atoms with Crippen molar-refractivity contribution >= 4 is 18.4 Å². The number of pyridine rings is 1. The summed E-state index contributed by atoms with van der Waals surface area (Å²) in [6.45, 7) is 2.38. The third-order valence-corrected chi connectivity index (χ3v) is 6.27. The Labute approximate surface area is 143 Å². The molecule has 0 amide bonds. The molecule has 1 heterocycles. The summed E-state index contributed by atoms with van der Waals surface area (Å²) in [5.74, 6) is -1.28. The Kier molecular flexibility index (Phi) is 6.55. The summed E-state index contributed by atoms with van der Waals surface area (Å²) in [4.78, 5) is 6.09. The molecule has 0 fully saturated rings. The lowest BCUT2D eigenvalue weighted by Crippen LogP contribution is -2.17. The van der Waals surface area contributed by atoms with Gasteiger partial charge in [-0.1, -0.05) is 19.4 Å². The van der Waals surface area contributed by atoms with E-state index in [1.165, 1.54) is 0 Å². The van der Waals surface area contributed by atoms with Crippen LogP contribution in [0.5, 0.6) is 0 Å². The zero-order valence-corrected chi connectivity index (χ0v) is 15.3. The third-order valence-electron chi connectivity index (χ3n) is 3.78. The van der Waals surface area contributed by atoms with Crippen LogP contribution in [0.3, 0.4) is 0 Å². The Morgan fingerprint density at radius 1 is 1.21 bits per heavy atom. The molecule has 0 saturated carbocycles. The normalized spacial score (nSPS) is 14.8. The summed E-state index contributed by atoms with van der Waals surface area (Å²) in [6.07, 6.45) is 3.29. The Balaban J connectivity index is 2.37. The second kappa shape index (κ2) is 8.43. The molecule has 1 aromatic heterocycles. The molecule has 5 nitrogen and oxygen atoms in total. The lowest BCUT2D eigenvalue weighted by atomic mass is 10.3. The van der Waals surface area contributed by atoms with Gasteiger partial charge < -0.3 is 14.5 Å². The van der Waals surface area contributed by atoms with Crippen molar-refractivity contribution in [3.05, 3.63) is 54.4 Å². The van der Waals surface area contributed by atoms with Crippen LogP contribution in [0.1, 0.15) is 31.3 Å². The molecule has 130 valence electrons. The molecule has 24 heavy (non-hydrogen) atoms. The second-order valence-electron chi connectivity index (χ2n) is 5.82. The van der Waals surface area contributed by atoms with Crippen LogP contribution >= 0.6 is 7.37 Å². The van der Waals surface area contributed by atoms with E-state index in [1.54, 1.807) is 36.5 Å². The molecule has 0 radical (unpaired) electrons. The maximum Gasteiger partial charge on any atom is 0.265 e. The fraction of sp³-hybridized carbons (Fsp3) is 0.389. The maximum absolute atomic E-state index is 13.5. The van der Waals surface area contributed by atoms with Crippen LogP contribution in [0.25, 0.3) is 0 Å². The molecule has 1 N–H and O–H groups in total. The molecule has 0 aliphatic carbocycles. The molecule has 2 unspecified atom stereocenters. The average Bonchev–Trinajstić information content (AvgIpc) is 2.62. The van der Waals surface area contributed by atoms with E-state index in [9.17, 15) is 9.67 Å². The minimum atomic E-state index is -3.49. The van der Waals surface area contributed by atoms with Crippen LogP contribution in [0.2, 0.25) is 0 Å². The minimum Gasteiger partial charge on any atom is -0.378 e. The number of nitrogens with zero attached hydrogens (tertiary/aromatic N) is 2. The highest BCUT2D eigenvalue weighted by Crippen LogP contribution is 2.57. The summed E-state index contributed by atoms with van der Waals surface area (Å²) < 4.78 is 19.3. The van der Waals surface area contributed by atoms with Crippen LogP contribution in [0, 0.1) is 0 Å². The standard InChI is InChI=1S/C18H25N2O3P/c1-4-5-14-23-24(22,18(21)17-8-6-7-13-19-17)16-11-9-15(10-12-16)20(2)3/h6-13,18,21H,4-5,14H2,1-3H3. The molecule has 2 rings (SSSR count). The van der Waals surface area contributed by atoms with E-state index in [4.69, 9.17) is 4.52 Å². The van der Waals surface area contributed by atoms with E-state index >= 15 is 0 Å². The van der Waals surface area contributed by atoms with E-state index in [0.717, 1.165) is 18.5 Å². The number of hydrogen-bond donors (Lipinski definition) is 1. The Morgan fingerprint density at radius 2 is 1.92 bits per heavy atom. The van der Waals surface area contributed by atoms with Crippen LogP contribution in [0.15, 0.2) is 48.7 Å². The van der Waals surface area contributed by atoms with Crippen molar-refractivity contribution in [2.75, 3.05) is 25.6 Å². The molecular formula is C18H25N2O3P. The smallest absolute Gasteiger partial charge is 0.265 e. The second-order valence-corrected chi connectivity index (χ2v) is 8.28. The van der Waals surface area contributed by atoms with Crippen molar-refractivity contribution in [3.63, 3.8) is 0 Å². The van der Waals surface area contributed by atoms with Crippen LogP contribution in [-0.4, -0.2) is 30.8 Å². The SMILES string of the molecule is CCCCOP(=O)(c1ccc(N(C)C)cc1)C(O)c1ccccn1. The molecule has 0 aliphatic rings. The number of hydrogen-bond acceptors (Lipinski definition) is 5. The van der Waals surface area contributed by atoms with E-state index in [-0.39, 0.29) is 0 Å². The van der Waals surface area contributed by atoms with Gasteiger partial charge in [-0.05, 0) is 42.8 Å². The average molecular weight is 348 g/mol.